The molecule has 1 N–H and O–H groups in total. The van der Waals surface area contributed by atoms with Crippen molar-refractivity contribution in [1.29, 1.82) is 0 Å². The molecule has 0 saturated heterocycles. The van der Waals surface area contributed by atoms with Crippen LogP contribution in [0.15, 0.2) is 41.0 Å². The lowest BCUT2D eigenvalue weighted by Crippen LogP contribution is -2.17. The SMILES string of the molecule is CCCNCc1cccn1Cc1ccc([N+](=O)[O-])cc1Br. The van der Waals surface area contributed by atoms with Gasteiger partial charge in [-0.3, -0.25) is 10.1 Å². The minimum Gasteiger partial charge on any atom is -0.346 e. The fourth-order valence-electron chi connectivity index (χ4n) is 2.12. The average molecular weight is 352 g/mol. The van der Waals surface area contributed by atoms with Gasteiger partial charge in [0, 0.05) is 41.6 Å². The number of hydrogen-bond donors (Lipinski definition) is 1. The van der Waals surface area contributed by atoms with Gasteiger partial charge < -0.3 is 9.88 Å². The second kappa shape index (κ2) is 7.38. The van der Waals surface area contributed by atoms with Gasteiger partial charge in [0.1, 0.15) is 0 Å². The van der Waals surface area contributed by atoms with Crippen molar-refractivity contribution < 1.29 is 4.92 Å². The van der Waals surface area contributed by atoms with E-state index in [2.05, 4.69) is 38.8 Å². The maximum atomic E-state index is 10.8. The summed E-state index contributed by atoms with van der Waals surface area (Å²) in [6.45, 7) is 4.65. The number of nitro benzene ring substituents is 1. The summed E-state index contributed by atoms with van der Waals surface area (Å²) in [5.41, 5.74) is 2.32. The van der Waals surface area contributed by atoms with Crippen molar-refractivity contribution in [2.75, 3.05) is 6.54 Å². The number of benzene rings is 1. The summed E-state index contributed by atoms with van der Waals surface area (Å²) >= 11 is 3.42. The van der Waals surface area contributed by atoms with E-state index in [1.807, 2.05) is 12.3 Å². The number of nitro groups is 1. The predicted octanol–water partition coefficient (Wildman–Crippen LogP) is 3.71. The summed E-state index contributed by atoms with van der Waals surface area (Å²) in [6.07, 6.45) is 3.13. The zero-order valence-corrected chi connectivity index (χ0v) is 13.5. The molecule has 1 aromatic heterocycles. The molecule has 0 aliphatic heterocycles. The van der Waals surface area contributed by atoms with Crippen LogP contribution in [0, 0.1) is 10.1 Å². The minimum absolute atomic E-state index is 0.1000. The molecule has 0 saturated carbocycles. The predicted molar refractivity (Wildman–Crippen MR) is 86.3 cm³/mol. The summed E-state index contributed by atoms with van der Waals surface area (Å²) in [7, 11) is 0. The molecule has 6 heteroatoms. The van der Waals surface area contributed by atoms with E-state index in [-0.39, 0.29) is 10.6 Å². The van der Waals surface area contributed by atoms with Crippen LogP contribution in [-0.2, 0) is 13.1 Å². The Morgan fingerprint density at radius 3 is 2.86 bits per heavy atom. The highest BCUT2D eigenvalue weighted by atomic mass is 79.9. The van der Waals surface area contributed by atoms with Crippen LogP contribution in [0.5, 0.6) is 0 Å². The zero-order valence-electron chi connectivity index (χ0n) is 11.9. The molecule has 2 aromatic rings. The van der Waals surface area contributed by atoms with Gasteiger partial charge in [-0.15, -0.1) is 0 Å². The third-order valence-electron chi connectivity index (χ3n) is 3.24. The van der Waals surface area contributed by atoms with Crippen molar-refractivity contribution in [2.24, 2.45) is 0 Å². The normalized spacial score (nSPS) is 10.8. The molecule has 0 radical (unpaired) electrons. The highest BCUT2D eigenvalue weighted by Crippen LogP contribution is 2.24. The van der Waals surface area contributed by atoms with Crippen LogP contribution in [0.25, 0.3) is 0 Å². The molecule has 0 aliphatic rings. The molecule has 0 unspecified atom stereocenters. The van der Waals surface area contributed by atoms with Crippen LogP contribution < -0.4 is 5.32 Å². The molecule has 0 amide bonds. The molecule has 0 spiro atoms. The van der Waals surface area contributed by atoms with Crippen molar-refractivity contribution in [2.45, 2.75) is 26.4 Å². The summed E-state index contributed by atoms with van der Waals surface area (Å²) in [4.78, 5) is 10.4. The maximum Gasteiger partial charge on any atom is 0.270 e. The molecule has 0 aliphatic carbocycles. The Morgan fingerprint density at radius 1 is 1.38 bits per heavy atom. The fourth-order valence-corrected chi connectivity index (χ4v) is 2.61. The molecule has 0 atom stereocenters. The molecule has 0 fully saturated rings. The van der Waals surface area contributed by atoms with Gasteiger partial charge in [-0.25, -0.2) is 0 Å². The standard InChI is InChI=1S/C15H18BrN3O2/c1-2-7-17-10-14-4-3-8-18(14)11-12-5-6-13(19(20)21)9-15(12)16/h3-6,8-9,17H,2,7,10-11H2,1H3. The summed E-state index contributed by atoms with van der Waals surface area (Å²) < 4.78 is 2.91. The van der Waals surface area contributed by atoms with E-state index < -0.39 is 0 Å². The average Bonchev–Trinajstić information content (AvgIpc) is 2.88. The molecular weight excluding hydrogens is 334 g/mol. The summed E-state index contributed by atoms with van der Waals surface area (Å²) in [6, 6.07) is 8.99. The Bertz CT molecular complexity index is 625. The van der Waals surface area contributed by atoms with Crippen molar-refractivity contribution >= 4 is 21.6 Å². The molecule has 0 bridgehead atoms. The van der Waals surface area contributed by atoms with Crippen LogP contribution in [-0.4, -0.2) is 16.0 Å². The van der Waals surface area contributed by atoms with Crippen molar-refractivity contribution in [3.63, 3.8) is 0 Å². The number of nitrogens with zero attached hydrogens (tertiary/aromatic N) is 2. The van der Waals surface area contributed by atoms with Gasteiger partial charge >= 0.3 is 0 Å². The highest BCUT2D eigenvalue weighted by Gasteiger charge is 2.10. The molecule has 1 aromatic carbocycles. The highest BCUT2D eigenvalue weighted by molar-refractivity contribution is 9.10. The summed E-state index contributed by atoms with van der Waals surface area (Å²) in [5, 5.41) is 14.1. The Morgan fingerprint density at radius 2 is 2.19 bits per heavy atom. The first-order valence-electron chi connectivity index (χ1n) is 6.89. The van der Waals surface area contributed by atoms with Crippen LogP contribution >= 0.6 is 15.9 Å². The smallest absolute Gasteiger partial charge is 0.270 e. The lowest BCUT2D eigenvalue weighted by atomic mass is 10.2. The van der Waals surface area contributed by atoms with Crippen molar-refractivity contribution in [3.05, 3.63) is 62.4 Å². The Balaban J connectivity index is 2.11. The topological polar surface area (TPSA) is 60.1 Å². The lowest BCUT2D eigenvalue weighted by Gasteiger charge is -2.11. The number of halogens is 1. The molecule has 1 heterocycles. The van der Waals surface area contributed by atoms with Gasteiger partial charge in [0.2, 0.25) is 0 Å². The van der Waals surface area contributed by atoms with E-state index in [1.165, 1.54) is 5.69 Å². The quantitative estimate of drug-likeness (QED) is 0.470. The number of hydrogen-bond acceptors (Lipinski definition) is 3. The van der Waals surface area contributed by atoms with E-state index in [9.17, 15) is 10.1 Å². The molecule has 2 rings (SSSR count). The van der Waals surface area contributed by atoms with Gasteiger partial charge in [0.05, 0.1) is 4.92 Å². The second-order valence-electron chi connectivity index (χ2n) is 4.84. The third kappa shape index (κ3) is 4.15. The fraction of sp³-hybridized carbons (Fsp3) is 0.333. The van der Waals surface area contributed by atoms with Gasteiger partial charge in [0.15, 0.2) is 0 Å². The maximum absolute atomic E-state index is 10.8. The molecule has 112 valence electrons. The van der Waals surface area contributed by atoms with Gasteiger partial charge in [-0.05, 0) is 36.7 Å². The van der Waals surface area contributed by atoms with E-state index in [1.54, 1.807) is 18.2 Å². The number of aromatic nitrogens is 1. The largest absolute Gasteiger partial charge is 0.346 e. The first-order chi connectivity index (χ1) is 10.1. The molecular formula is C15H18BrN3O2. The number of rotatable bonds is 7. The van der Waals surface area contributed by atoms with Crippen molar-refractivity contribution in [3.8, 4) is 0 Å². The Hall–Kier alpha value is -1.66. The lowest BCUT2D eigenvalue weighted by molar-refractivity contribution is -0.384. The van der Waals surface area contributed by atoms with E-state index in [4.69, 9.17) is 0 Å². The van der Waals surface area contributed by atoms with Crippen LogP contribution in [0.1, 0.15) is 24.6 Å². The van der Waals surface area contributed by atoms with Crippen molar-refractivity contribution in [1.82, 2.24) is 9.88 Å². The number of non-ortho nitro benzene ring substituents is 1. The third-order valence-corrected chi connectivity index (χ3v) is 3.98. The Labute approximate surface area is 132 Å². The van der Waals surface area contributed by atoms with E-state index in [0.29, 0.717) is 6.54 Å². The summed E-state index contributed by atoms with van der Waals surface area (Å²) in [5.74, 6) is 0. The molecule has 21 heavy (non-hydrogen) atoms. The van der Waals surface area contributed by atoms with Gasteiger partial charge in [-0.2, -0.15) is 0 Å². The minimum atomic E-state index is -0.385. The van der Waals surface area contributed by atoms with E-state index >= 15 is 0 Å². The zero-order chi connectivity index (χ0) is 15.2. The molecule has 5 nitrogen and oxygen atoms in total. The first-order valence-corrected chi connectivity index (χ1v) is 7.68. The van der Waals surface area contributed by atoms with Gasteiger partial charge in [0.25, 0.3) is 5.69 Å². The first kappa shape index (κ1) is 15.7. The van der Waals surface area contributed by atoms with E-state index in [0.717, 1.165) is 29.5 Å². The number of nitrogens with one attached hydrogen (secondary N) is 1. The van der Waals surface area contributed by atoms with Gasteiger partial charge in [-0.1, -0.05) is 22.9 Å². The van der Waals surface area contributed by atoms with Crippen LogP contribution in [0.4, 0.5) is 5.69 Å². The van der Waals surface area contributed by atoms with Crippen LogP contribution in [0.3, 0.4) is 0 Å². The Kier molecular flexibility index (Phi) is 5.52. The second-order valence-corrected chi connectivity index (χ2v) is 5.69. The monoisotopic (exact) mass is 351 g/mol. The van der Waals surface area contributed by atoms with Crippen LogP contribution in [0.2, 0.25) is 0 Å².